The first-order valence-corrected chi connectivity index (χ1v) is 13.0. The maximum Gasteiger partial charge on any atom is 0.134 e. The smallest absolute Gasteiger partial charge is 0.134 e. The predicted octanol–water partition coefficient (Wildman–Crippen LogP) is 4.55. The third-order valence-electron chi connectivity index (χ3n) is 5.77. The standard InChI is InChI=1S/C27H39ClN2O5/c28-27-25(26(9-11-29-27)30-12-5-2-6-13-30)10-14-31-15-16-32-17-18-33-19-20-34-21-22-35-23-24-7-3-1-4-8-24/h1,3-4,7-9,11H,2,5-6,10,12-23H2. The molecule has 0 amide bonds. The molecule has 35 heavy (non-hydrogen) atoms. The minimum absolute atomic E-state index is 0.539. The fourth-order valence-electron chi connectivity index (χ4n) is 3.94. The van der Waals surface area contributed by atoms with Gasteiger partial charge in [0, 0.05) is 37.0 Å². The van der Waals surface area contributed by atoms with Gasteiger partial charge >= 0.3 is 0 Å². The van der Waals surface area contributed by atoms with E-state index in [0.717, 1.165) is 25.1 Å². The normalized spacial score (nSPS) is 13.9. The molecule has 0 unspecified atom stereocenters. The molecule has 1 aromatic carbocycles. The first kappa shape index (κ1) is 27.8. The van der Waals surface area contributed by atoms with E-state index in [0.29, 0.717) is 71.2 Å². The number of aromatic nitrogens is 1. The van der Waals surface area contributed by atoms with E-state index in [1.807, 2.05) is 30.3 Å². The van der Waals surface area contributed by atoms with E-state index in [-0.39, 0.29) is 0 Å². The van der Waals surface area contributed by atoms with Gasteiger partial charge in [-0.25, -0.2) is 4.98 Å². The van der Waals surface area contributed by atoms with E-state index < -0.39 is 0 Å². The number of piperidine rings is 1. The Bertz CT molecular complexity index is 805. The summed E-state index contributed by atoms with van der Waals surface area (Å²) in [4.78, 5) is 6.68. The minimum atomic E-state index is 0.539. The van der Waals surface area contributed by atoms with Crippen LogP contribution in [0.4, 0.5) is 5.69 Å². The van der Waals surface area contributed by atoms with Gasteiger partial charge in [-0.15, -0.1) is 0 Å². The van der Waals surface area contributed by atoms with Gasteiger partial charge in [-0.1, -0.05) is 41.9 Å². The summed E-state index contributed by atoms with van der Waals surface area (Å²) < 4.78 is 27.9. The van der Waals surface area contributed by atoms with Crippen LogP contribution in [0.3, 0.4) is 0 Å². The molecule has 1 saturated heterocycles. The topological polar surface area (TPSA) is 62.3 Å². The van der Waals surface area contributed by atoms with Crippen LogP contribution in [0.25, 0.3) is 0 Å². The average molecular weight is 507 g/mol. The van der Waals surface area contributed by atoms with Crippen LogP contribution >= 0.6 is 11.6 Å². The van der Waals surface area contributed by atoms with E-state index in [1.165, 1.54) is 30.5 Å². The molecule has 3 rings (SSSR count). The van der Waals surface area contributed by atoms with Gasteiger partial charge in [0.15, 0.2) is 0 Å². The monoisotopic (exact) mass is 506 g/mol. The number of ether oxygens (including phenoxy) is 5. The molecule has 2 heterocycles. The van der Waals surface area contributed by atoms with Crippen LogP contribution in [0.5, 0.6) is 0 Å². The lowest BCUT2D eigenvalue weighted by molar-refractivity contribution is -0.0123. The summed E-state index contributed by atoms with van der Waals surface area (Å²) in [5.41, 5.74) is 3.45. The lowest BCUT2D eigenvalue weighted by Crippen LogP contribution is -2.30. The molecule has 1 aliphatic rings. The van der Waals surface area contributed by atoms with Gasteiger partial charge < -0.3 is 28.6 Å². The Morgan fingerprint density at radius 2 is 1.26 bits per heavy atom. The highest BCUT2D eigenvalue weighted by molar-refractivity contribution is 6.30. The Morgan fingerprint density at radius 1 is 0.686 bits per heavy atom. The molecule has 8 heteroatoms. The summed E-state index contributed by atoms with van der Waals surface area (Å²) in [6, 6.07) is 12.2. The molecule has 1 aromatic heterocycles. The van der Waals surface area contributed by atoms with Crippen molar-refractivity contribution in [3.63, 3.8) is 0 Å². The molecule has 0 atom stereocenters. The van der Waals surface area contributed by atoms with Gasteiger partial charge in [0.2, 0.25) is 0 Å². The van der Waals surface area contributed by atoms with E-state index in [9.17, 15) is 0 Å². The van der Waals surface area contributed by atoms with Crippen LogP contribution in [-0.4, -0.2) is 77.5 Å². The summed E-state index contributed by atoms with van der Waals surface area (Å²) >= 11 is 6.39. The largest absolute Gasteiger partial charge is 0.379 e. The Kier molecular flexibility index (Phi) is 14.0. The SMILES string of the molecule is Clc1nccc(N2CCCCC2)c1CCOCCOCCOCCOCCOCc1ccccc1. The summed E-state index contributed by atoms with van der Waals surface area (Å²) in [5.74, 6) is 0. The fourth-order valence-corrected chi connectivity index (χ4v) is 4.19. The summed E-state index contributed by atoms with van der Waals surface area (Å²) in [6.07, 6.45) is 6.30. The van der Waals surface area contributed by atoms with Crippen LogP contribution < -0.4 is 4.90 Å². The maximum atomic E-state index is 6.39. The lowest BCUT2D eigenvalue weighted by atomic mass is 10.1. The van der Waals surface area contributed by atoms with E-state index in [1.54, 1.807) is 6.20 Å². The van der Waals surface area contributed by atoms with Gasteiger partial charge in [-0.2, -0.15) is 0 Å². The second kappa shape index (κ2) is 17.7. The number of rotatable bonds is 18. The molecule has 0 radical (unpaired) electrons. The summed E-state index contributed by atoms with van der Waals surface area (Å²) in [6.45, 7) is 7.77. The van der Waals surface area contributed by atoms with E-state index in [4.69, 9.17) is 35.3 Å². The van der Waals surface area contributed by atoms with Crippen LogP contribution in [0.2, 0.25) is 5.15 Å². The van der Waals surface area contributed by atoms with Crippen LogP contribution in [0.1, 0.15) is 30.4 Å². The number of hydrogen-bond donors (Lipinski definition) is 0. The minimum Gasteiger partial charge on any atom is -0.379 e. The number of nitrogens with zero attached hydrogens (tertiary/aromatic N) is 2. The van der Waals surface area contributed by atoms with Crippen molar-refractivity contribution in [2.45, 2.75) is 32.3 Å². The predicted molar refractivity (Wildman–Crippen MR) is 138 cm³/mol. The number of pyridine rings is 1. The van der Waals surface area contributed by atoms with E-state index >= 15 is 0 Å². The summed E-state index contributed by atoms with van der Waals surface area (Å²) in [5, 5.41) is 0.578. The molecule has 1 fully saturated rings. The van der Waals surface area contributed by atoms with Gasteiger partial charge in [0.1, 0.15) is 5.15 Å². The van der Waals surface area contributed by atoms with Crippen LogP contribution in [0, 0.1) is 0 Å². The number of benzene rings is 1. The molecule has 7 nitrogen and oxygen atoms in total. The molecule has 1 aliphatic heterocycles. The number of hydrogen-bond acceptors (Lipinski definition) is 7. The molecule has 2 aromatic rings. The van der Waals surface area contributed by atoms with Crippen molar-refractivity contribution in [3.05, 3.63) is 58.9 Å². The van der Waals surface area contributed by atoms with Gasteiger partial charge in [-0.05, 0) is 30.9 Å². The molecule has 194 valence electrons. The Morgan fingerprint density at radius 3 is 1.89 bits per heavy atom. The molecule has 0 saturated carbocycles. The molecular formula is C27H39ClN2O5. The molecule has 0 bridgehead atoms. The fraction of sp³-hybridized carbons (Fsp3) is 0.593. The van der Waals surface area contributed by atoms with E-state index in [2.05, 4.69) is 16.0 Å². The highest BCUT2D eigenvalue weighted by atomic mass is 35.5. The average Bonchev–Trinajstić information content (AvgIpc) is 2.90. The highest BCUT2D eigenvalue weighted by Crippen LogP contribution is 2.28. The third-order valence-corrected chi connectivity index (χ3v) is 6.10. The van der Waals surface area contributed by atoms with Crippen molar-refractivity contribution in [1.82, 2.24) is 4.98 Å². The third kappa shape index (κ3) is 11.2. The van der Waals surface area contributed by atoms with Crippen molar-refractivity contribution in [3.8, 4) is 0 Å². The molecule has 0 aliphatic carbocycles. The zero-order valence-electron chi connectivity index (χ0n) is 20.7. The highest BCUT2D eigenvalue weighted by Gasteiger charge is 2.16. The van der Waals surface area contributed by atoms with Crippen molar-refractivity contribution in [1.29, 1.82) is 0 Å². The van der Waals surface area contributed by atoms with Gasteiger partial charge in [0.25, 0.3) is 0 Å². The molecular weight excluding hydrogens is 468 g/mol. The molecule has 0 spiro atoms. The maximum absolute atomic E-state index is 6.39. The summed E-state index contributed by atoms with van der Waals surface area (Å²) in [7, 11) is 0. The zero-order valence-corrected chi connectivity index (χ0v) is 21.4. The number of anilines is 1. The van der Waals surface area contributed by atoms with Gasteiger partial charge in [0.05, 0.1) is 66.1 Å². The van der Waals surface area contributed by atoms with Crippen molar-refractivity contribution >= 4 is 17.3 Å². The molecule has 0 N–H and O–H groups in total. The van der Waals surface area contributed by atoms with Crippen LogP contribution in [-0.2, 0) is 36.7 Å². The first-order valence-electron chi connectivity index (χ1n) is 12.7. The number of halogens is 1. The Balaban J connectivity index is 1.11. The second-order valence-electron chi connectivity index (χ2n) is 8.38. The Labute approximate surface area is 214 Å². The lowest BCUT2D eigenvalue weighted by Gasteiger charge is -2.30. The second-order valence-corrected chi connectivity index (χ2v) is 8.74. The zero-order chi connectivity index (χ0) is 24.4. The van der Waals surface area contributed by atoms with Crippen LogP contribution in [0.15, 0.2) is 42.6 Å². The van der Waals surface area contributed by atoms with Gasteiger partial charge in [-0.3, -0.25) is 0 Å². The van der Waals surface area contributed by atoms with Crippen molar-refractivity contribution < 1.29 is 23.7 Å². The van der Waals surface area contributed by atoms with Crippen molar-refractivity contribution in [2.24, 2.45) is 0 Å². The van der Waals surface area contributed by atoms with Crippen molar-refractivity contribution in [2.75, 3.05) is 77.5 Å². The quantitative estimate of drug-likeness (QED) is 0.217. The Hall–Kier alpha value is -1.74. The first-order chi connectivity index (χ1) is 17.3.